The van der Waals surface area contributed by atoms with E-state index in [1.807, 2.05) is 22.9 Å². The molecule has 2 heterocycles. The second kappa shape index (κ2) is 4.59. The van der Waals surface area contributed by atoms with Gasteiger partial charge in [0.2, 0.25) is 11.5 Å². The summed E-state index contributed by atoms with van der Waals surface area (Å²) in [5.41, 5.74) is 2.08. The molecule has 0 unspecified atom stereocenters. The SMILES string of the molecule is COc1cc2c(c(OC)c1OC)C(=O)c1cccn1C2. The average molecular weight is 273 g/mol. The van der Waals surface area contributed by atoms with Gasteiger partial charge in [-0.15, -0.1) is 0 Å². The predicted molar refractivity (Wildman–Crippen MR) is 73.1 cm³/mol. The summed E-state index contributed by atoms with van der Waals surface area (Å²) >= 11 is 0. The van der Waals surface area contributed by atoms with Crippen molar-refractivity contribution in [2.45, 2.75) is 6.54 Å². The minimum absolute atomic E-state index is 0.0611. The van der Waals surface area contributed by atoms with Gasteiger partial charge in [-0.3, -0.25) is 4.79 Å². The molecule has 2 aromatic rings. The van der Waals surface area contributed by atoms with Gasteiger partial charge in [-0.05, 0) is 23.8 Å². The molecule has 0 radical (unpaired) electrons. The van der Waals surface area contributed by atoms with Crippen LogP contribution in [0.3, 0.4) is 0 Å². The third-order valence-electron chi connectivity index (χ3n) is 3.54. The van der Waals surface area contributed by atoms with E-state index < -0.39 is 0 Å². The van der Waals surface area contributed by atoms with Crippen molar-refractivity contribution in [3.63, 3.8) is 0 Å². The largest absolute Gasteiger partial charge is 0.493 e. The molecule has 0 fully saturated rings. The fourth-order valence-corrected chi connectivity index (χ4v) is 2.65. The predicted octanol–water partition coefficient (Wildman–Crippen LogP) is 2.11. The lowest BCUT2D eigenvalue weighted by Gasteiger charge is -2.23. The van der Waals surface area contributed by atoms with Crippen LogP contribution in [0.4, 0.5) is 0 Å². The Morgan fingerprint density at radius 2 is 1.85 bits per heavy atom. The Bertz CT molecular complexity index is 687. The van der Waals surface area contributed by atoms with Crippen LogP contribution in [0.2, 0.25) is 0 Å². The Balaban J connectivity index is 2.28. The van der Waals surface area contributed by atoms with E-state index in [9.17, 15) is 4.79 Å². The van der Waals surface area contributed by atoms with E-state index in [0.29, 0.717) is 35.1 Å². The normalized spacial score (nSPS) is 12.7. The quantitative estimate of drug-likeness (QED) is 0.733. The Hall–Kier alpha value is -2.43. The van der Waals surface area contributed by atoms with Gasteiger partial charge in [-0.25, -0.2) is 0 Å². The second-order valence-electron chi connectivity index (χ2n) is 4.53. The van der Waals surface area contributed by atoms with E-state index in [1.54, 1.807) is 13.2 Å². The van der Waals surface area contributed by atoms with Crippen molar-refractivity contribution in [2.75, 3.05) is 21.3 Å². The summed E-state index contributed by atoms with van der Waals surface area (Å²) in [6.07, 6.45) is 1.89. The van der Waals surface area contributed by atoms with Gasteiger partial charge >= 0.3 is 0 Å². The van der Waals surface area contributed by atoms with Gasteiger partial charge in [-0.2, -0.15) is 0 Å². The van der Waals surface area contributed by atoms with Crippen LogP contribution >= 0.6 is 0 Å². The van der Waals surface area contributed by atoms with E-state index in [1.165, 1.54) is 14.2 Å². The van der Waals surface area contributed by atoms with Crippen LogP contribution in [0, 0.1) is 0 Å². The number of carbonyl (C=O) groups is 1. The molecule has 5 nitrogen and oxygen atoms in total. The summed E-state index contributed by atoms with van der Waals surface area (Å²) in [5, 5.41) is 0. The summed E-state index contributed by atoms with van der Waals surface area (Å²) in [5.74, 6) is 1.38. The van der Waals surface area contributed by atoms with E-state index in [4.69, 9.17) is 14.2 Å². The molecule has 0 N–H and O–H groups in total. The van der Waals surface area contributed by atoms with Crippen molar-refractivity contribution in [3.8, 4) is 17.2 Å². The van der Waals surface area contributed by atoms with Crippen LogP contribution in [-0.4, -0.2) is 31.7 Å². The minimum atomic E-state index is -0.0611. The van der Waals surface area contributed by atoms with Crippen LogP contribution in [0.1, 0.15) is 21.6 Å². The van der Waals surface area contributed by atoms with Crippen LogP contribution < -0.4 is 14.2 Å². The van der Waals surface area contributed by atoms with E-state index >= 15 is 0 Å². The molecule has 1 aromatic carbocycles. The monoisotopic (exact) mass is 273 g/mol. The van der Waals surface area contributed by atoms with Gasteiger partial charge < -0.3 is 18.8 Å². The van der Waals surface area contributed by atoms with E-state index in [-0.39, 0.29) is 5.78 Å². The van der Waals surface area contributed by atoms with Crippen LogP contribution in [0.15, 0.2) is 24.4 Å². The molecular formula is C15H15NO4. The lowest BCUT2D eigenvalue weighted by atomic mass is 9.96. The average Bonchev–Trinajstić information content (AvgIpc) is 2.93. The fraction of sp³-hybridized carbons (Fsp3) is 0.267. The summed E-state index contributed by atoms with van der Waals surface area (Å²) < 4.78 is 18.0. The number of aromatic nitrogens is 1. The van der Waals surface area contributed by atoms with Crippen molar-refractivity contribution in [1.29, 1.82) is 0 Å². The molecule has 0 atom stereocenters. The smallest absolute Gasteiger partial charge is 0.213 e. The van der Waals surface area contributed by atoms with Gasteiger partial charge in [0.1, 0.15) is 0 Å². The van der Waals surface area contributed by atoms with Crippen molar-refractivity contribution in [1.82, 2.24) is 4.57 Å². The first-order valence-corrected chi connectivity index (χ1v) is 6.23. The topological polar surface area (TPSA) is 49.7 Å². The number of hydrogen-bond donors (Lipinski definition) is 0. The molecule has 3 rings (SSSR count). The van der Waals surface area contributed by atoms with Crippen molar-refractivity contribution >= 4 is 5.78 Å². The highest BCUT2D eigenvalue weighted by atomic mass is 16.5. The Kier molecular flexibility index (Phi) is 2.89. The molecular weight excluding hydrogens is 258 g/mol. The molecule has 0 bridgehead atoms. The van der Waals surface area contributed by atoms with Crippen LogP contribution in [0.25, 0.3) is 0 Å². The van der Waals surface area contributed by atoms with Crippen molar-refractivity contribution in [2.24, 2.45) is 0 Å². The van der Waals surface area contributed by atoms with E-state index in [0.717, 1.165) is 5.56 Å². The van der Waals surface area contributed by atoms with E-state index in [2.05, 4.69) is 0 Å². The summed E-state index contributed by atoms with van der Waals surface area (Å²) in [6.45, 7) is 0.611. The van der Waals surface area contributed by atoms with Crippen molar-refractivity contribution in [3.05, 3.63) is 41.2 Å². The van der Waals surface area contributed by atoms with Gasteiger partial charge in [0.05, 0.1) is 32.6 Å². The number of rotatable bonds is 3. The first-order chi connectivity index (χ1) is 9.71. The fourth-order valence-electron chi connectivity index (χ4n) is 2.65. The highest BCUT2D eigenvalue weighted by Gasteiger charge is 2.30. The molecule has 1 aromatic heterocycles. The van der Waals surface area contributed by atoms with Crippen molar-refractivity contribution < 1.29 is 19.0 Å². The Labute approximate surface area is 116 Å². The zero-order valence-corrected chi connectivity index (χ0v) is 11.6. The first kappa shape index (κ1) is 12.6. The van der Waals surface area contributed by atoms with Gasteiger partial charge in [0.25, 0.3) is 0 Å². The van der Waals surface area contributed by atoms with Crippen LogP contribution in [0.5, 0.6) is 17.2 Å². The number of ether oxygens (including phenoxy) is 3. The molecule has 0 amide bonds. The number of methoxy groups -OCH3 is 3. The Morgan fingerprint density at radius 1 is 1.10 bits per heavy atom. The lowest BCUT2D eigenvalue weighted by molar-refractivity contribution is 0.102. The molecule has 0 saturated carbocycles. The highest BCUT2D eigenvalue weighted by Crippen LogP contribution is 2.44. The number of fused-ring (bicyclic) bond motifs is 2. The van der Waals surface area contributed by atoms with Gasteiger partial charge in [0, 0.05) is 12.7 Å². The molecule has 20 heavy (non-hydrogen) atoms. The first-order valence-electron chi connectivity index (χ1n) is 6.23. The summed E-state index contributed by atoms with van der Waals surface area (Å²) in [7, 11) is 4.62. The molecule has 1 aliphatic heterocycles. The summed E-state index contributed by atoms with van der Waals surface area (Å²) in [4.78, 5) is 12.6. The number of carbonyl (C=O) groups excluding carboxylic acids is 1. The minimum Gasteiger partial charge on any atom is -0.493 e. The zero-order valence-electron chi connectivity index (χ0n) is 11.6. The molecule has 1 aliphatic rings. The lowest BCUT2D eigenvalue weighted by Crippen LogP contribution is -2.20. The molecule has 104 valence electrons. The number of ketones is 1. The summed E-state index contributed by atoms with van der Waals surface area (Å²) in [6, 6.07) is 5.50. The third kappa shape index (κ3) is 1.59. The highest BCUT2D eigenvalue weighted by molar-refractivity contribution is 6.12. The second-order valence-corrected chi connectivity index (χ2v) is 4.53. The molecule has 0 aliphatic carbocycles. The maximum absolute atomic E-state index is 12.6. The maximum Gasteiger partial charge on any atom is 0.213 e. The maximum atomic E-state index is 12.6. The zero-order chi connectivity index (χ0) is 14.3. The standard InChI is InChI=1S/C15H15NO4/c1-18-11-7-9-8-16-6-4-5-10(16)13(17)12(9)15(20-3)14(11)19-2/h4-7H,8H2,1-3H3. The molecule has 5 heteroatoms. The van der Waals surface area contributed by atoms with Crippen LogP contribution in [-0.2, 0) is 6.54 Å². The van der Waals surface area contributed by atoms with Gasteiger partial charge in [0.15, 0.2) is 11.5 Å². The third-order valence-corrected chi connectivity index (χ3v) is 3.54. The number of hydrogen-bond acceptors (Lipinski definition) is 4. The van der Waals surface area contributed by atoms with Gasteiger partial charge in [-0.1, -0.05) is 0 Å². The molecule has 0 spiro atoms. The number of benzene rings is 1. The number of nitrogens with zero attached hydrogens (tertiary/aromatic N) is 1. The molecule has 0 saturated heterocycles. The Morgan fingerprint density at radius 3 is 2.50 bits per heavy atom.